The Labute approximate surface area is 147 Å². The highest BCUT2D eigenvalue weighted by molar-refractivity contribution is 6.03. The van der Waals surface area contributed by atoms with E-state index in [4.69, 9.17) is 0 Å². The van der Waals surface area contributed by atoms with Gasteiger partial charge in [0.15, 0.2) is 0 Å². The monoisotopic (exact) mass is 318 g/mol. The zero-order valence-electron chi connectivity index (χ0n) is 14.3. The van der Waals surface area contributed by atoms with E-state index in [9.17, 15) is 0 Å². The van der Waals surface area contributed by atoms with Crippen molar-refractivity contribution in [3.05, 3.63) is 94.5 Å². The first-order chi connectivity index (χ1) is 12.3. The summed E-state index contributed by atoms with van der Waals surface area (Å²) in [6.45, 7) is 2.24. The summed E-state index contributed by atoms with van der Waals surface area (Å²) in [5.41, 5.74) is 13.1. The Hall–Kier alpha value is -2.86. The van der Waals surface area contributed by atoms with Crippen LogP contribution in [-0.4, -0.2) is 0 Å². The molecule has 0 heteroatoms. The number of aryl methyl sites for hydroxylation is 1. The van der Waals surface area contributed by atoms with E-state index >= 15 is 0 Å². The van der Waals surface area contributed by atoms with E-state index < -0.39 is 0 Å². The molecule has 0 saturated heterocycles. The lowest BCUT2D eigenvalue weighted by Crippen LogP contribution is -1.87. The SMILES string of the molecule is Cc1cc2c(c3ccccc13)-c1cc3c(cc1C2)-c1ccccc1C3. The third kappa shape index (κ3) is 1.72. The number of benzene rings is 4. The lowest BCUT2D eigenvalue weighted by atomic mass is 9.93. The Bertz CT molecular complexity index is 1190. The van der Waals surface area contributed by atoms with Gasteiger partial charge in [0.05, 0.1) is 0 Å². The highest BCUT2D eigenvalue weighted by Gasteiger charge is 2.26. The molecule has 0 bridgehead atoms. The van der Waals surface area contributed by atoms with Crippen LogP contribution in [0.5, 0.6) is 0 Å². The van der Waals surface area contributed by atoms with E-state index in [0.717, 1.165) is 12.8 Å². The topological polar surface area (TPSA) is 0 Å². The summed E-state index contributed by atoms with van der Waals surface area (Å²) in [6, 6.07) is 25.1. The van der Waals surface area contributed by atoms with Gasteiger partial charge in [-0.05, 0) is 92.7 Å². The zero-order valence-corrected chi connectivity index (χ0v) is 14.3. The Kier molecular flexibility index (Phi) is 2.48. The van der Waals surface area contributed by atoms with E-state index in [1.807, 2.05) is 0 Å². The van der Waals surface area contributed by atoms with Crippen LogP contribution in [-0.2, 0) is 12.8 Å². The average Bonchev–Trinajstić information content (AvgIpc) is 3.17. The quantitative estimate of drug-likeness (QED) is 0.309. The van der Waals surface area contributed by atoms with Gasteiger partial charge in [-0.2, -0.15) is 0 Å². The fourth-order valence-electron chi connectivity index (χ4n) is 4.90. The molecular formula is C25H18. The van der Waals surface area contributed by atoms with Gasteiger partial charge in [-0.3, -0.25) is 0 Å². The van der Waals surface area contributed by atoms with E-state index in [1.54, 1.807) is 0 Å². The second-order valence-corrected chi connectivity index (χ2v) is 7.45. The molecule has 0 atom stereocenters. The molecule has 0 nitrogen and oxygen atoms in total. The average molecular weight is 318 g/mol. The first kappa shape index (κ1) is 13.4. The Balaban J connectivity index is 1.65. The molecule has 0 heterocycles. The summed E-state index contributed by atoms with van der Waals surface area (Å²) in [7, 11) is 0. The molecule has 4 aromatic carbocycles. The molecule has 0 amide bonds. The molecule has 118 valence electrons. The molecule has 25 heavy (non-hydrogen) atoms. The zero-order chi connectivity index (χ0) is 16.5. The van der Waals surface area contributed by atoms with Crippen LogP contribution in [0.15, 0.2) is 66.7 Å². The largest absolute Gasteiger partial charge is 0.0619 e. The molecule has 6 rings (SSSR count). The summed E-state index contributed by atoms with van der Waals surface area (Å²) in [4.78, 5) is 0. The van der Waals surface area contributed by atoms with Crippen LogP contribution in [0.25, 0.3) is 33.0 Å². The van der Waals surface area contributed by atoms with Gasteiger partial charge >= 0.3 is 0 Å². The van der Waals surface area contributed by atoms with Gasteiger partial charge in [0.2, 0.25) is 0 Å². The molecule has 0 spiro atoms. The van der Waals surface area contributed by atoms with Crippen LogP contribution in [0.2, 0.25) is 0 Å². The number of rotatable bonds is 0. The van der Waals surface area contributed by atoms with Gasteiger partial charge in [-0.1, -0.05) is 54.6 Å². The summed E-state index contributed by atoms with van der Waals surface area (Å²) in [6.07, 6.45) is 2.13. The Morgan fingerprint density at radius 1 is 0.560 bits per heavy atom. The van der Waals surface area contributed by atoms with Crippen molar-refractivity contribution in [3.8, 4) is 22.3 Å². The maximum Gasteiger partial charge on any atom is -0.00129 e. The molecule has 0 saturated carbocycles. The Morgan fingerprint density at radius 2 is 1.24 bits per heavy atom. The predicted octanol–water partition coefficient (Wildman–Crippen LogP) is 6.29. The van der Waals surface area contributed by atoms with Crippen molar-refractivity contribution in [1.29, 1.82) is 0 Å². The maximum absolute atomic E-state index is 2.47. The summed E-state index contributed by atoms with van der Waals surface area (Å²) in [5.74, 6) is 0. The van der Waals surface area contributed by atoms with Crippen LogP contribution in [0.1, 0.15) is 27.8 Å². The molecule has 0 aliphatic heterocycles. The van der Waals surface area contributed by atoms with Crippen molar-refractivity contribution in [2.75, 3.05) is 0 Å². The maximum atomic E-state index is 2.47. The van der Waals surface area contributed by atoms with Crippen molar-refractivity contribution in [3.63, 3.8) is 0 Å². The van der Waals surface area contributed by atoms with E-state index in [-0.39, 0.29) is 0 Å². The first-order valence-corrected chi connectivity index (χ1v) is 9.05. The fourth-order valence-corrected chi connectivity index (χ4v) is 4.90. The molecule has 0 radical (unpaired) electrons. The van der Waals surface area contributed by atoms with Gasteiger partial charge < -0.3 is 0 Å². The minimum Gasteiger partial charge on any atom is -0.0619 e. The third-order valence-corrected chi connectivity index (χ3v) is 6.00. The normalized spacial score (nSPS) is 13.5. The smallest absolute Gasteiger partial charge is 0.00129 e. The van der Waals surface area contributed by atoms with E-state index in [1.165, 1.54) is 60.8 Å². The fraction of sp³-hybridized carbons (Fsp3) is 0.120. The predicted molar refractivity (Wildman–Crippen MR) is 105 cm³/mol. The third-order valence-electron chi connectivity index (χ3n) is 6.00. The van der Waals surface area contributed by atoms with Gasteiger partial charge in [0.1, 0.15) is 0 Å². The highest BCUT2D eigenvalue weighted by Crippen LogP contribution is 2.47. The lowest BCUT2D eigenvalue weighted by molar-refractivity contribution is 1.24. The van der Waals surface area contributed by atoms with Crippen molar-refractivity contribution in [1.82, 2.24) is 0 Å². The van der Waals surface area contributed by atoms with Crippen molar-refractivity contribution < 1.29 is 0 Å². The highest BCUT2D eigenvalue weighted by atomic mass is 14.3. The number of fused-ring (bicyclic) bond motifs is 8. The lowest BCUT2D eigenvalue weighted by Gasteiger charge is -2.11. The minimum absolute atomic E-state index is 1.06. The minimum atomic E-state index is 1.06. The molecule has 2 aliphatic carbocycles. The summed E-state index contributed by atoms with van der Waals surface area (Å²) < 4.78 is 0. The number of hydrogen-bond acceptors (Lipinski definition) is 0. The van der Waals surface area contributed by atoms with Crippen LogP contribution >= 0.6 is 0 Å². The molecule has 4 aromatic rings. The molecular weight excluding hydrogens is 300 g/mol. The van der Waals surface area contributed by atoms with Gasteiger partial charge in [0, 0.05) is 0 Å². The molecule has 2 aliphatic rings. The van der Waals surface area contributed by atoms with Crippen molar-refractivity contribution in [2.24, 2.45) is 0 Å². The second kappa shape index (κ2) is 4.61. The van der Waals surface area contributed by atoms with Crippen LogP contribution < -0.4 is 0 Å². The molecule has 0 fully saturated rings. The van der Waals surface area contributed by atoms with Gasteiger partial charge in [0.25, 0.3) is 0 Å². The van der Waals surface area contributed by atoms with Crippen molar-refractivity contribution >= 4 is 10.8 Å². The number of hydrogen-bond donors (Lipinski definition) is 0. The Morgan fingerprint density at radius 3 is 2.16 bits per heavy atom. The molecule has 0 aromatic heterocycles. The second-order valence-electron chi connectivity index (χ2n) is 7.45. The summed E-state index contributed by atoms with van der Waals surface area (Å²) >= 11 is 0. The van der Waals surface area contributed by atoms with Crippen LogP contribution in [0.4, 0.5) is 0 Å². The van der Waals surface area contributed by atoms with Crippen molar-refractivity contribution in [2.45, 2.75) is 19.8 Å². The molecule has 0 N–H and O–H groups in total. The van der Waals surface area contributed by atoms with E-state index in [0.29, 0.717) is 0 Å². The molecule has 0 unspecified atom stereocenters. The van der Waals surface area contributed by atoms with Gasteiger partial charge in [-0.25, -0.2) is 0 Å². The van der Waals surface area contributed by atoms with Crippen LogP contribution in [0.3, 0.4) is 0 Å². The van der Waals surface area contributed by atoms with Crippen LogP contribution in [0, 0.1) is 6.92 Å². The van der Waals surface area contributed by atoms with E-state index in [2.05, 4.69) is 73.7 Å². The van der Waals surface area contributed by atoms with Gasteiger partial charge in [-0.15, -0.1) is 0 Å². The summed E-state index contributed by atoms with van der Waals surface area (Å²) in [5, 5.41) is 2.80. The first-order valence-electron chi connectivity index (χ1n) is 9.05. The standard InChI is InChI=1S/C25H18/c1-15-10-19-12-18-13-23-17(11-16-6-2-3-8-21(16)23)14-24(18)25(19)22-9-5-4-7-20(15)22/h2-10,13-14H,11-12H2,1H3.